The smallest absolute Gasteiger partial charge is 0.462 e. The average molecular weight is 635 g/mol. The molecule has 0 aliphatic rings. The van der Waals surface area contributed by atoms with Gasteiger partial charge in [-0.3, -0.25) is 14.1 Å². The number of carbonyl (C=O) groups excluding carboxylic acids is 2. The van der Waals surface area contributed by atoms with Gasteiger partial charge >= 0.3 is 19.8 Å². The van der Waals surface area contributed by atoms with Gasteiger partial charge in [-0.05, 0) is 24.7 Å². The second kappa shape index (κ2) is 28.5. The van der Waals surface area contributed by atoms with Crippen LogP contribution in [0.4, 0.5) is 0 Å². The predicted octanol–water partition coefficient (Wildman–Crippen LogP) is 9.84. The summed E-state index contributed by atoms with van der Waals surface area (Å²) in [5.74, 6) is 0.726. The highest BCUT2D eigenvalue weighted by molar-refractivity contribution is 7.46. The monoisotopic (exact) mass is 634 g/mol. The third-order valence-corrected chi connectivity index (χ3v) is 8.58. The molecule has 2 atom stereocenters. The van der Waals surface area contributed by atoms with Crippen molar-refractivity contribution in [3.05, 3.63) is 0 Å². The number of phosphoric acid groups is 1. The largest absolute Gasteiger partial charge is 0.469 e. The minimum atomic E-state index is -4.74. The molecule has 0 saturated carbocycles. The molecule has 0 aromatic carbocycles. The Morgan fingerprint density at radius 2 is 1.02 bits per heavy atom. The van der Waals surface area contributed by atoms with Crippen LogP contribution in [-0.4, -0.2) is 41.0 Å². The second-order valence-electron chi connectivity index (χ2n) is 12.9. The molecule has 9 heteroatoms. The van der Waals surface area contributed by atoms with Crippen LogP contribution >= 0.6 is 7.82 Å². The first kappa shape index (κ1) is 42.0. The van der Waals surface area contributed by atoms with Crippen molar-refractivity contribution in [2.24, 2.45) is 11.8 Å². The highest BCUT2D eigenvalue weighted by atomic mass is 31.2. The lowest BCUT2D eigenvalue weighted by molar-refractivity contribution is -0.161. The Labute approximate surface area is 264 Å². The van der Waals surface area contributed by atoms with Gasteiger partial charge in [-0.1, -0.05) is 150 Å². The maximum absolute atomic E-state index is 12.3. The van der Waals surface area contributed by atoms with E-state index in [4.69, 9.17) is 19.3 Å². The SMILES string of the molecule is CCC(C)CCCCCCCCC(=O)OC[C@H](COP(=O)(O)O)OC(=O)CCCCCCCCCCCCCCC(C)C. The molecule has 0 rings (SSSR count). The van der Waals surface area contributed by atoms with Crippen molar-refractivity contribution < 1.29 is 37.9 Å². The molecule has 0 heterocycles. The Balaban J connectivity index is 3.97. The minimum Gasteiger partial charge on any atom is -0.462 e. The fraction of sp³-hybridized carbons (Fsp3) is 0.941. The first-order valence-electron chi connectivity index (χ1n) is 17.6. The van der Waals surface area contributed by atoms with Crippen molar-refractivity contribution in [2.45, 2.75) is 181 Å². The highest BCUT2D eigenvalue weighted by Gasteiger charge is 2.22. The van der Waals surface area contributed by atoms with Crippen LogP contribution < -0.4 is 0 Å². The second-order valence-corrected chi connectivity index (χ2v) is 14.2. The summed E-state index contributed by atoms with van der Waals surface area (Å²) in [4.78, 5) is 42.5. The number of ether oxygens (including phenoxy) is 2. The molecule has 0 aromatic rings. The molecule has 0 aliphatic carbocycles. The Morgan fingerprint density at radius 1 is 0.605 bits per heavy atom. The number of phosphoric ester groups is 1. The fourth-order valence-electron chi connectivity index (χ4n) is 5.06. The van der Waals surface area contributed by atoms with E-state index in [9.17, 15) is 14.2 Å². The van der Waals surface area contributed by atoms with Gasteiger partial charge in [0.25, 0.3) is 0 Å². The van der Waals surface area contributed by atoms with Gasteiger partial charge in [0.1, 0.15) is 6.61 Å². The van der Waals surface area contributed by atoms with Gasteiger partial charge in [0.05, 0.1) is 6.61 Å². The van der Waals surface area contributed by atoms with Gasteiger partial charge in [-0.2, -0.15) is 0 Å². The average Bonchev–Trinajstić information content (AvgIpc) is 2.95. The molecule has 1 unspecified atom stereocenters. The van der Waals surface area contributed by atoms with Crippen LogP contribution in [-0.2, 0) is 28.2 Å². The number of esters is 2. The summed E-state index contributed by atoms with van der Waals surface area (Å²) >= 11 is 0. The van der Waals surface area contributed by atoms with Crippen molar-refractivity contribution in [1.29, 1.82) is 0 Å². The zero-order chi connectivity index (χ0) is 32.2. The zero-order valence-electron chi connectivity index (χ0n) is 28.2. The summed E-state index contributed by atoms with van der Waals surface area (Å²) in [6.45, 7) is 8.28. The van der Waals surface area contributed by atoms with Crippen molar-refractivity contribution in [2.75, 3.05) is 13.2 Å². The van der Waals surface area contributed by atoms with Crippen LogP contribution in [0, 0.1) is 11.8 Å². The summed E-state index contributed by atoms with van der Waals surface area (Å²) in [6.07, 6.45) is 24.1. The molecule has 0 aliphatic heterocycles. The lowest BCUT2D eigenvalue weighted by Gasteiger charge is -2.18. The molecule has 0 amide bonds. The maximum atomic E-state index is 12.3. The Hall–Kier alpha value is -0.950. The molecule has 0 aromatic heterocycles. The molecule has 43 heavy (non-hydrogen) atoms. The highest BCUT2D eigenvalue weighted by Crippen LogP contribution is 2.36. The minimum absolute atomic E-state index is 0.217. The first-order valence-corrected chi connectivity index (χ1v) is 19.1. The normalized spacial score (nSPS) is 13.3. The molecule has 0 saturated heterocycles. The number of carbonyl (C=O) groups is 2. The van der Waals surface area contributed by atoms with Crippen LogP contribution in [0.1, 0.15) is 175 Å². The molecule has 256 valence electrons. The van der Waals surface area contributed by atoms with Gasteiger partial charge in [0.2, 0.25) is 0 Å². The molecular formula is C34H67O8P. The molecule has 8 nitrogen and oxygen atoms in total. The van der Waals surface area contributed by atoms with E-state index in [0.717, 1.165) is 50.4 Å². The quantitative estimate of drug-likeness (QED) is 0.0439. The van der Waals surface area contributed by atoms with E-state index >= 15 is 0 Å². The van der Waals surface area contributed by atoms with E-state index in [2.05, 4.69) is 32.2 Å². The van der Waals surface area contributed by atoms with Gasteiger partial charge in [0, 0.05) is 12.8 Å². The lowest BCUT2D eigenvalue weighted by Crippen LogP contribution is -2.29. The molecule has 2 N–H and O–H groups in total. The van der Waals surface area contributed by atoms with Crippen LogP contribution in [0.3, 0.4) is 0 Å². The summed E-state index contributed by atoms with van der Waals surface area (Å²) < 4.78 is 26.2. The van der Waals surface area contributed by atoms with E-state index in [1.54, 1.807) is 0 Å². The third kappa shape index (κ3) is 32.3. The number of unbranched alkanes of at least 4 members (excludes halogenated alkanes) is 16. The van der Waals surface area contributed by atoms with Gasteiger partial charge in [-0.15, -0.1) is 0 Å². The van der Waals surface area contributed by atoms with Crippen LogP contribution in [0.15, 0.2) is 0 Å². The molecule has 0 bridgehead atoms. The number of hydrogen-bond acceptors (Lipinski definition) is 6. The summed E-state index contributed by atoms with van der Waals surface area (Å²) in [6, 6.07) is 0. The summed E-state index contributed by atoms with van der Waals surface area (Å²) in [5, 5.41) is 0. The molecule has 0 fully saturated rings. The van der Waals surface area contributed by atoms with Crippen LogP contribution in [0.2, 0.25) is 0 Å². The van der Waals surface area contributed by atoms with Gasteiger partial charge in [0.15, 0.2) is 6.10 Å². The van der Waals surface area contributed by atoms with E-state index < -0.39 is 32.5 Å². The van der Waals surface area contributed by atoms with E-state index in [1.807, 2.05) is 0 Å². The molecule has 0 radical (unpaired) electrons. The summed E-state index contributed by atoms with van der Waals surface area (Å²) in [7, 11) is -4.74. The number of hydrogen-bond donors (Lipinski definition) is 2. The standard InChI is InChI=1S/C34H67O8P/c1-5-31(4)25-21-17-14-15-18-22-26-33(35)40-28-32(29-41-43(37,38)39)42-34(36)27-23-19-13-11-9-7-6-8-10-12-16-20-24-30(2)3/h30-32H,5-29H2,1-4H3,(H2,37,38,39)/t31?,32-/m1/s1. The van der Waals surface area contributed by atoms with E-state index in [0.29, 0.717) is 6.42 Å². The fourth-order valence-corrected chi connectivity index (χ4v) is 5.42. The van der Waals surface area contributed by atoms with Gasteiger partial charge in [-0.25, -0.2) is 4.57 Å². The molecular weight excluding hydrogens is 567 g/mol. The topological polar surface area (TPSA) is 119 Å². The Bertz CT molecular complexity index is 709. The van der Waals surface area contributed by atoms with Crippen molar-refractivity contribution in [3.63, 3.8) is 0 Å². The van der Waals surface area contributed by atoms with Crippen molar-refractivity contribution >= 4 is 19.8 Å². The summed E-state index contributed by atoms with van der Waals surface area (Å²) in [5.41, 5.74) is 0. The lowest BCUT2D eigenvalue weighted by atomic mass is 10.00. The Morgan fingerprint density at radius 3 is 1.47 bits per heavy atom. The van der Waals surface area contributed by atoms with E-state index in [1.165, 1.54) is 89.9 Å². The van der Waals surface area contributed by atoms with Crippen LogP contribution in [0.25, 0.3) is 0 Å². The number of rotatable bonds is 31. The van der Waals surface area contributed by atoms with E-state index in [-0.39, 0.29) is 19.4 Å². The first-order chi connectivity index (χ1) is 20.5. The Kier molecular flexibility index (Phi) is 27.9. The van der Waals surface area contributed by atoms with Crippen molar-refractivity contribution in [3.8, 4) is 0 Å². The zero-order valence-corrected chi connectivity index (χ0v) is 29.1. The van der Waals surface area contributed by atoms with Crippen molar-refractivity contribution in [1.82, 2.24) is 0 Å². The maximum Gasteiger partial charge on any atom is 0.469 e. The van der Waals surface area contributed by atoms with Gasteiger partial charge < -0.3 is 19.3 Å². The predicted molar refractivity (Wildman–Crippen MR) is 175 cm³/mol. The van der Waals surface area contributed by atoms with Crippen LogP contribution in [0.5, 0.6) is 0 Å². The molecule has 0 spiro atoms. The third-order valence-electron chi connectivity index (χ3n) is 8.09.